The Hall–Kier alpha value is -0.120. The highest BCUT2D eigenvalue weighted by atomic mass is 15.3. The number of nitrogens with zero attached hydrogens (tertiary/aromatic N) is 2. The van der Waals surface area contributed by atoms with Crippen LogP contribution >= 0.6 is 0 Å². The van der Waals surface area contributed by atoms with Crippen molar-refractivity contribution in [3.8, 4) is 0 Å². The van der Waals surface area contributed by atoms with Crippen molar-refractivity contribution in [1.29, 1.82) is 0 Å². The normalized spacial score (nSPS) is 24.3. The number of piperazine rings is 1. The van der Waals surface area contributed by atoms with E-state index >= 15 is 0 Å². The SMILES string of the molecule is CCCN1CCN([C@H](C)CCCNC2CC2)CC1. The van der Waals surface area contributed by atoms with Crippen LogP contribution in [0.3, 0.4) is 0 Å². The van der Waals surface area contributed by atoms with Gasteiger partial charge >= 0.3 is 0 Å². The Morgan fingerprint density at radius 1 is 1.17 bits per heavy atom. The summed E-state index contributed by atoms with van der Waals surface area (Å²) < 4.78 is 0. The Morgan fingerprint density at radius 3 is 2.50 bits per heavy atom. The molecule has 0 aromatic carbocycles. The van der Waals surface area contributed by atoms with Crippen LogP contribution in [0.1, 0.15) is 46.0 Å². The van der Waals surface area contributed by atoms with Crippen LogP contribution in [0.4, 0.5) is 0 Å². The maximum atomic E-state index is 3.61. The molecule has 2 rings (SSSR count). The van der Waals surface area contributed by atoms with E-state index in [0.717, 1.165) is 12.1 Å². The lowest BCUT2D eigenvalue weighted by atomic mass is 10.1. The van der Waals surface area contributed by atoms with Crippen molar-refractivity contribution in [3.63, 3.8) is 0 Å². The molecule has 3 heteroatoms. The average Bonchev–Trinajstić information content (AvgIpc) is 3.20. The Labute approximate surface area is 113 Å². The molecule has 0 aromatic rings. The third-order valence-corrected chi connectivity index (χ3v) is 4.38. The summed E-state index contributed by atoms with van der Waals surface area (Å²) in [5, 5.41) is 3.61. The molecule has 0 amide bonds. The molecule has 2 fully saturated rings. The van der Waals surface area contributed by atoms with Crippen molar-refractivity contribution < 1.29 is 0 Å². The number of rotatable bonds is 8. The first kappa shape index (κ1) is 14.3. The summed E-state index contributed by atoms with van der Waals surface area (Å²) in [4.78, 5) is 5.29. The number of nitrogens with one attached hydrogen (secondary N) is 1. The van der Waals surface area contributed by atoms with E-state index in [1.807, 2.05) is 0 Å². The fourth-order valence-electron chi connectivity index (χ4n) is 2.92. The molecular weight excluding hydrogens is 222 g/mol. The van der Waals surface area contributed by atoms with Crippen molar-refractivity contribution >= 4 is 0 Å². The quantitative estimate of drug-likeness (QED) is 0.667. The van der Waals surface area contributed by atoms with Gasteiger partial charge in [-0.25, -0.2) is 0 Å². The molecule has 3 nitrogen and oxygen atoms in total. The fraction of sp³-hybridized carbons (Fsp3) is 1.00. The van der Waals surface area contributed by atoms with Crippen molar-refractivity contribution in [2.45, 2.75) is 58.0 Å². The molecule has 0 spiro atoms. The molecule has 1 aliphatic carbocycles. The minimum Gasteiger partial charge on any atom is -0.314 e. The molecule has 106 valence electrons. The van der Waals surface area contributed by atoms with Crippen molar-refractivity contribution in [2.75, 3.05) is 39.3 Å². The lowest BCUT2D eigenvalue weighted by Crippen LogP contribution is -2.49. The summed E-state index contributed by atoms with van der Waals surface area (Å²) in [6.45, 7) is 12.3. The topological polar surface area (TPSA) is 18.5 Å². The molecule has 1 saturated carbocycles. The summed E-state index contributed by atoms with van der Waals surface area (Å²) >= 11 is 0. The highest BCUT2D eigenvalue weighted by molar-refractivity contribution is 4.81. The summed E-state index contributed by atoms with van der Waals surface area (Å²) in [6.07, 6.45) is 6.81. The molecule has 1 aliphatic heterocycles. The van der Waals surface area contributed by atoms with Crippen molar-refractivity contribution in [3.05, 3.63) is 0 Å². The van der Waals surface area contributed by atoms with E-state index in [2.05, 4.69) is 29.0 Å². The highest BCUT2D eigenvalue weighted by Crippen LogP contribution is 2.18. The zero-order valence-corrected chi connectivity index (χ0v) is 12.3. The zero-order chi connectivity index (χ0) is 12.8. The van der Waals surface area contributed by atoms with Gasteiger partial charge in [0, 0.05) is 38.3 Å². The van der Waals surface area contributed by atoms with E-state index < -0.39 is 0 Å². The summed E-state index contributed by atoms with van der Waals surface area (Å²) in [7, 11) is 0. The van der Waals surface area contributed by atoms with Gasteiger partial charge in [0.15, 0.2) is 0 Å². The third-order valence-electron chi connectivity index (χ3n) is 4.38. The predicted molar refractivity (Wildman–Crippen MR) is 78.0 cm³/mol. The molecule has 1 N–H and O–H groups in total. The Morgan fingerprint density at radius 2 is 1.89 bits per heavy atom. The maximum absolute atomic E-state index is 3.61. The number of hydrogen-bond acceptors (Lipinski definition) is 3. The molecule has 1 heterocycles. The molecule has 1 saturated heterocycles. The first-order chi connectivity index (χ1) is 8.79. The molecule has 0 bridgehead atoms. The van der Waals surface area contributed by atoms with Crippen LogP contribution in [0.5, 0.6) is 0 Å². The van der Waals surface area contributed by atoms with Gasteiger partial charge in [-0.3, -0.25) is 4.90 Å². The first-order valence-electron chi connectivity index (χ1n) is 7.99. The van der Waals surface area contributed by atoms with E-state index in [4.69, 9.17) is 0 Å². The van der Waals surface area contributed by atoms with Crippen molar-refractivity contribution in [1.82, 2.24) is 15.1 Å². The predicted octanol–water partition coefficient (Wildman–Crippen LogP) is 1.93. The summed E-state index contributed by atoms with van der Waals surface area (Å²) in [6, 6.07) is 1.65. The molecule has 0 unspecified atom stereocenters. The Kier molecular flexibility index (Phi) is 5.93. The van der Waals surface area contributed by atoms with Gasteiger partial charge in [0.25, 0.3) is 0 Å². The zero-order valence-electron chi connectivity index (χ0n) is 12.3. The molecule has 0 radical (unpaired) electrons. The molecular formula is C15H31N3. The second kappa shape index (κ2) is 7.46. The van der Waals surface area contributed by atoms with Gasteiger partial charge in [0.05, 0.1) is 0 Å². The van der Waals surface area contributed by atoms with Gasteiger partial charge in [-0.1, -0.05) is 6.92 Å². The fourth-order valence-corrected chi connectivity index (χ4v) is 2.92. The van der Waals surface area contributed by atoms with Crippen LogP contribution in [-0.4, -0.2) is 61.2 Å². The van der Waals surface area contributed by atoms with E-state index in [0.29, 0.717) is 0 Å². The smallest absolute Gasteiger partial charge is 0.0113 e. The molecule has 2 aliphatic rings. The maximum Gasteiger partial charge on any atom is 0.0113 e. The minimum atomic E-state index is 0.773. The van der Waals surface area contributed by atoms with E-state index in [-0.39, 0.29) is 0 Å². The van der Waals surface area contributed by atoms with Crippen LogP contribution in [0.2, 0.25) is 0 Å². The second-order valence-corrected chi connectivity index (χ2v) is 6.10. The minimum absolute atomic E-state index is 0.773. The number of hydrogen-bond donors (Lipinski definition) is 1. The van der Waals surface area contributed by atoms with Crippen molar-refractivity contribution in [2.24, 2.45) is 0 Å². The van der Waals surface area contributed by atoms with Crippen LogP contribution in [0.15, 0.2) is 0 Å². The molecule has 0 aromatic heterocycles. The average molecular weight is 253 g/mol. The van der Waals surface area contributed by atoms with Gasteiger partial charge in [-0.05, 0) is 52.1 Å². The van der Waals surface area contributed by atoms with Gasteiger partial charge in [-0.15, -0.1) is 0 Å². The lowest BCUT2D eigenvalue weighted by Gasteiger charge is -2.38. The molecule has 1 atom stereocenters. The van der Waals surface area contributed by atoms with Gasteiger partial charge in [-0.2, -0.15) is 0 Å². The Balaban J connectivity index is 1.53. The van der Waals surface area contributed by atoms with Crippen LogP contribution in [-0.2, 0) is 0 Å². The van der Waals surface area contributed by atoms with Crippen LogP contribution in [0.25, 0.3) is 0 Å². The van der Waals surface area contributed by atoms with E-state index in [9.17, 15) is 0 Å². The third kappa shape index (κ3) is 4.87. The first-order valence-corrected chi connectivity index (χ1v) is 7.99. The Bertz CT molecular complexity index is 220. The second-order valence-electron chi connectivity index (χ2n) is 6.10. The van der Waals surface area contributed by atoms with Crippen LogP contribution in [0, 0.1) is 0 Å². The van der Waals surface area contributed by atoms with E-state index in [1.54, 1.807) is 0 Å². The van der Waals surface area contributed by atoms with Gasteiger partial charge < -0.3 is 10.2 Å². The molecule has 18 heavy (non-hydrogen) atoms. The van der Waals surface area contributed by atoms with Crippen LogP contribution < -0.4 is 5.32 Å². The largest absolute Gasteiger partial charge is 0.314 e. The highest BCUT2D eigenvalue weighted by Gasteiger charge is 2.21. The monoisotopic (exact) mass is 253 g/mol. The standard InChI is InChI=1S/C15H31N3/c1-3-9-17-10-12-18(13-11-17)14(2)5-4-8-16-15-6-7-15/h14-16H,3-13H2,1-2H3/t14-/m1/s1. The van der Waals surface area contributed by atoms with Gasteiger partial charge in [0.1, 0.15) is 0 Å². The van der Waals surface area contributed by atoms with Gasteiger partial charge in [0.2, 0.25) is 0 Å². The lowest BCUT2D eigenvalue weighted by molar-refractivity contribution is 0.0980. The summed E-state index contributed by atoms with van der Waals surface area (Å²) in [5.74, 6) is 0. The summed E-state index contributed by atoms with van der Waals surface area (Å²) in [5.41, 5.74) is 0. The van der Waals surface area contributed by atoms with E-state index in [1.165, 1.54) is 71.4 Å².